The fraction of sp³-hybridized carbons (Fsp3) is 0.714. The molecule has 2 heterocycles. The summed E-state index contributed by atoms with van der Waals surface area (Å²) in [6.07, 6.45) is 6.23. The summed E-state index contributed by atoms with van der Waals surface area (Å²) in [5.41, 5.74) is 4.92. The Bertz CT molecular complexity index is 580. The van der Waals surface area contributed by atoms with Crippen LogP contribution >= 0.6 is 11.8 Å². The highest BCUT2D eigenvalue weighted by Gasteiger charge is 2.32. The predicted molar refractivity (Wildman–Crippen MR) is 87.4 cm³/mol. The lowest BCUT2D eigenvalue weighted by atomic mass is 10.1. The van der Waals surface area contributed by atoms with E-state index in [0.29, 0.717) is 11.8 Å². The molecule has 3 rings (SSSR count). The molecule has 1 aliphatic heterocycles. The molecule has 2 fully saturated rings. The van der Waals surface area contributed by atoms with E-state index in [2.05, 4.69) is 25.0 Å². The van der Waals surface area contributed by atoms with Gasteiger partial charge in [-0.25, -0.2) is 4.79 Å². The minimum absolute atomic E-state index is 0.226. The van der Waals surface area contributed by atoms with E-state index in [9.17, 15) is 9.59 Å². The molecular weight excluding hydrogens is 316 g/mol. The number of primary amides is 1. The van der Waals surface area contributed by atoms with Crippen molar-refractivity contribution >= 4 is 29.6 Å². The molecule has 1 saturated heterocycles. The molecule has 2 aliphatic rings. The lowest BCUT2D eigenvalue weighted by Crippen LogP contribution is -2.35. The van der Waals surface area contributed by atoms with E-state index in [1.165, 1.54) is 31.0 Å². The minimum Gasteiger partial charge on any atom is -0.351 e. The third-order valence-corrected chi connectivity index (χ3v) is 4.97. The van der Waals surface area contributed by atoms with E-state index < -0.39 is 6.03 Å². The van der Waals surface area contributed by atoms with Gasteiger partial charge in [0.1, 0.15) is 0 Å². The van der Waals surface area contributed by atoms with Gasteiger partial charge in [-0.3, -0.25) is 14.7 Å². The molecule has 0 unspecified atom stereocenters. The van der Waals surface area contributed by atoms with Gasteiger partial charge in [0.05, 0.1) is 0 Å². The molecule has 0 radical (unpaired) electrons. The number of rotatable bonds is 6. The van der Waals surface area contributed by atoms with E-state index in [4.69, 9.17) is 5.73 Å². The summed E-state index contributed by atoms with van der Waals surface area (Å²) < 4.78 is 2.22. The molecule has 1 saturated carbocycles. The lowest BCUT2D eigenvalue weighted by molar-refractivity contribution is -0.119. The molecule has 0 bridgehead atoms. The zero-order valence-electron chi connectivity index (χ0n) is 13.0. The van der Waals surface area contributed by atoms with Crippen LogP contribution in [0.5, 0.6) is 0 Å². The summed E-state index contributed by atoms with van der Waals surface area (Å²) in [4.78, 5) is 24.4. The fourth-order valence-corrected chi connectivity index (χ4v) is 3.70. The SMILES string of the molecule is NC(=O)NC(=O)CCSc1nnc(N2CCCCC2)n1C1CC1. The van der Waals surface area contributed by atoms with Crippen molar-refractivity contribution < 1.29 is 9.59 Å². The topological polar surface area (TPSA) is 106 Å². The van der Waals surface area contributed by atoms with E-state index in [1.807, 2.05) is 0 Å². The highest BCUT2D eigenvalue weighted by molar-refractivity contribution is 7.99. The summed E-state index contributed by atoms with van der Waals surface area (Å²) in [6.45, 7) is 2.08. The monoisotopic (exact) mass is 338 g/mol. The van der Waals surface area contributed by atoms with Crippen molar-refractivity contribution in [3.63, 3.8) is 0 Å². The smallest absolute Gasteiger partial charge is 0.318 e. The van der Waals surface area contributed by atoms with Gasteiger partial charge in [0.15, 0.2) is 5.16 Å². The maximum Gasteiger partial charge on any atom is 0.318 e. The Balaban J connectivity index is 1.62. The zero-order chi connectivity index (χ0) is 16.2. The number of hydrogen-bond donors (Lipinski definition) is 2. The Labute approximate surface area is 139 Å². The molecule has 0 spiro atoms. The molecule has 126 valence electrons. The molecule has 8 nitrogen and oxygen atoms in total. The van der Waals surface area contributed by atoms with E-state index in [1.54, 1.807) is 0 Å². The van der Waals surface area contributed by atoms with E-state index in [-0.39, 0.29) is 12.3 Å². The maximum atomic E-state index is 11.5. The normalized spacial score (nSPS) is 18.0. The number of hydrogen-bond acceptors (Lipinski definition) is 6. The number of nitrogens with zero attached hydrogens (tertiary/aromatic N) is 4. The zero-order valence-corrected chi connectivity index (χ0v) is 13.8. The second-order valence-corrected chi connectivity index (χ2v) is 7.00. The molecule has 1 aromatic rings. The molecule has 9 heteroatoms. The average Bonchev–Trinajstić information content (AvgIpc) is 3.28. The van der Waals surface area contributed by atoms with Crippen LogP contribution in [0.25, 0.3) is 0 Å². The Kier molecular flexibility index (Phi) is 5.04. The lowest BCUT2D eigenvalue weighted by Gasteiger charge is -2.27. The third-order valence-electron chi connectivity index (χ3n) is 4.02. The summed E-state index contributed by atoms with van der Waals surface area (Å²) in [6, 6.07) is -0.322. The molecule has 3 amide bonds. The number of nitrogens with two attached hydrogens (primary N) is 1. The van der Waals surface area contributed by atoms with Crippen molar-refractivity contribution in [2.75, 3.05) is 23.7 Å². The number of amides is 3. The van der Waals surface area contributed by atoms with Gasteiger partial charge in [0.25, 0.3) is 0 Å². The number of carbonyl (C=O) groups is 2. The second kappa shape index (κ2) is 7.20. The first-order valence-electron chi connectivity index (χ1n) is 8.07. The van der Waals surface area contributed by atoms with Gasteiger partial charge < -0.3 is 10.6 Å². The van der Waals surface area contributed by atoms with Gasteiger partial charge in [-0.05, 0) is 32.1 Å². The molecule has 3 N–H and O–H groups in total. The number of nitrogens with one attached hydrogen (secondary N) is 1. The van der Waals surface area contributed by atoms with Crippen LogP contribution in [0, 0.1) is 0 Å². The standard InChI is InChI=1S/C14H22N6O2S/c15-12(22)16-11(21)6-9-23-14-18-17-13(20(14)10-4-5-10)19-7-2-1-3-8-19/h10H,1-9H2,(H3,15,16,21,22). The van der Waals surface area contributed by atoms with Crippen LogP contribution in [0.1, 0.15) is 44.6 Å². The number of urea groups is 1. The largest absolute Gasteiger partial charge is 0.351 e. The van der Waals surface area contributed by atoms with Crippen molar-refractivity contribution in [2.24, 2.45) is 5.73 Å². The van der Waals surface area contributed by atoms with Crippen molar-refractivity contribution in [1.82, 2.24) is 20.1 Å². The highest BCUT2D eigenvalue weighted by atomic mass is 32.2. The van der Waals surface area contributed by atoms with Gasteiger partial charge in [0.2, 0.25) is 11.9 Å². The molecule has 0 aromatic carbocycles. The van der Waals surface area contributed by atoms with Crippen LogP contribution in [0.2, 0.25) is 0 Å². The summed E-state index contributed by atoms with van der Waals surface area (Å²) in [5.74, 6) is 1.15. The quantitative estimate of drug-likeness (QED) is 0.757. The van der Waals surface area contributed by atoms with Crippen LogP contribution in [-0.2, 0) is 4.79 Å². The first kappa shape index (κ1) is 16.1. The van der Waals surface area contributed by atoms with Gasteiger partial charge in [-0.2, -0.15) is 0 Å². The fourth-order valence-electron chi connectivity index (χ4n) is 2.76. The number of aromatic nitrogens is 3. The van der Waals surface area contributed by atoms with Crippen LogP contribution in [0.15, 0.2) is 5.16 Å². The van der Waals surface area contributed by atoms with Crippen LogP contribution in [0.3, 0.4) is 0 Å². The van der Waals surface area contributed by atoms with E-state index in [0.717, 1.165) is 37.0 Å². The van der Waals surface area contributed by atoms with Gasteiger partial charge >= 0.3 is 6.03 Å². The average molecular weight is 338 g/mol. The van der Waals surface area contributed by atoms with Crippen LogP contribution in [-0.4, -0.2) is 45.5 Å². The first-order chi connectivity index (χ1) is 11.1. The van der Waals surface area contributed by atoms with Gasteiger partial charge in [-0.1, -0.05) is 11.8 Å². The minimum atomic E-state index is -0.812. The summed E-state index contributed by atoms with van der Waals surface area (Å²) >= 11 is 1.51. The number of piperidine rings is 1. The van der Waals surface area contributed by atoms with Gasteiger partial charge in [0, 0.05) is 31.3 Å². The molecule has 0 atom stereocenters. The first-order valence-corrected chi connectivity index (χ1v) is 9.05. The predicted octanol–water partition coefficient (Wildman–Crippen LogP) is 1.28. The molecule has 1 aromatic heterocycles. The Morgan fingerprint density at radius 1 is 1.22 bits per heavy atom. The number of anilines is 1. The second-order valence-electron chi connectivity index (χ2n) is 5.94. The van der Waals surface area contributed by atoms with Crippen LogP contribution < -0.4 is 16.0 Å². The van der Waals surface area contributed by atoms with Gasteiger partial charge in [-0.15, -0.1) is 10.2 Å². The molecular formula is C14H22N6O2S. The Morgan fingerprint density at radius 2 is 1.96 bits per heavy atom. The number of carbonyl (C=O) groups excluding carboxylic acids is 2. The third kappa shape index (κ3) is 4.15. The highest BCUT2D eigenvalue weighted by Crippen LogP contribution is 2.41. The number of imide groups is 1. The Morgan fingerprint density at radius 3 is 2.61 bits per heavy atom. The van der Waals surface area contributed by atoms with Crippen molar-refractivity contribution in [1.29, 1.82) is 0 Å². The van der Waals surface area contributed by atoms with Crippen LogP contribution in [0.4, 0.5) is 10.7 Å². The molecule has 23 heavy (non-hydrogen) atoms. The maximum absolute atomic E-state index is 11.5. The van der Waals surface area contributed by atoms with E-state index >= 15 is 0 Å². The summed E-state index contributed by atoms with van der Waals surface area (Å²) in [5, 5.41) is 11.6. The number of thioether (sulfide) groups is 1. The molecule has 1 aliphatic carbocycles. The van der Waals surface area contributed by atoms with Crippen molar-refractivity contribution in [3.05, 3.63) is 0 Å². The summed E-state index contributed by atoms with van der Waals surface area (Å²) in [7, 11) is 0. The van der Waals surface area contributed by atoms with Crippen molar-refractivity contribution in [3.8, 4) is 0 Å². The Hall–Kier alpha value is -1.77. The van der Waals surface area contributed by atoms with Crippen molar-refractivity contribution in [2.45, 2.75) is 49.7 Å².